The first-order chi connectivity index (χ1) is 6.29. The maximum absolute atomic E-state index is 10.5. The molecule has 1 aromatic carbocycles. The van der Waals surface area contributed by atoms with Gasteiger partial charge in [-0.05, 0) is 31.4 Å². The second-order valence-corrected chi connectivity index (χ2v) is 3.44. The quantitative estimate of drug-likeness (QED) is 0.611. The lowest BCUT2D eigenvalue weighted by atomic mass is 10.0. The van der Waals surface area contributed by atoms with Gasteiger partial charge in [0.1, 0.15) is 5.75 Å². The third kappa shape index (κ3) is 1.57. The molecule has 0 fully saturated rings. The molecule has 0 radical (unpaired) electrons. The molecule has 1 aliphatic heterocycles. The van der Waals surface area contributed by atoms with Crippen LogP contribution >= 0.6 is 0 Å². The van der Waals surface area contributed by atoms with E-state index in [4.69, 9.17) is 4.74 Å². The van der Waals surface area contributed by atoms with Crippen LogP contribution in [0.2, 0.25) is 0 Å². The Labute approximate surface area is 77.5 Å². The number of aldehydes is 1. The molecule has 0 amide bonds. The highest BCUT2D eigenvalue weighted by atomic mass is 16.5. The normalized spacial score (nSPS) is 20.2. The number of hydrogen-bond acceptors (Lipinski definition) is 2. The molecule has 13 heavy (non-hydrogen) atoms. The molecule has 2 nitrogen and oxygen atoms in total. The van der Waals surface area contributed by atoms with Crippen LogP contribution in [0, 0.1) is 6.92 Å². The van der Waals surface area contributed by atoms with Crippen molar-refractivity contribution in [2.75, 3.05) is 0 Å². The Morgan fingerprint density at radius 1 is 1.54 bits per heavy atom. The van der Waals surface area contributed by atoms with Crippen molar-refractivity contribution in [1.82, 2.24) is 0 Å². The molecular formula is C11H12O2. The maximum Gasteiger partial charge on any atom is 0.160 e. The van der Waals surface area contributed by atoms with E-state index in [9.17, 15) is 4.79 Å². The summed E-state index contributed by atoms with van der Waals surface area (Å²) in [6, 6.07) is 6.07. The molecule has 0 bridgehead atoms. The Morgan fingerprint density at radius 3 is 3.15 bits per heavy atom. The van der Waals surface area contributed by atoms with Crippen LogP contribution in [0.1, 0.15) is 17.5 Å². The smallest absolute Gasteiger partial charge is 0.160 e. The first-order valence-corrected chi connectivity index (χ1v) is 4.51. The van der Waals surface area contributed by atoms with Crippen molar-refractivity contribution in [1.29, 1.82) is 0 Å². The van der Waals surface area contributed by atoms with Crippen molar-refractivity contribution in [3.63, 3.8) is 0 Å². The van der Waals surface area contributed by atoms with Crippen LogP contribution in [-0.2, 0) is 11.2 Å². The summed E-state index contributed by atoms with van der Waals surface area (Å²) in [4.78, 5) is 10.5. The minimum absolute atomic E-state index is 0.241. The number of hydrogen-bond donors (Lipinski definition) is 0. The Hall–Kier alpha value is -1.31. The van der Waals surface area contributed by atoms with E-state index in [1.807, 2.05) is 12.1 Å². The summed E-state index contributed by atoms with van der Waals surface area (Å²) in [6.07, 6.45) is 2.39. The zero-order chi connectivity index (χ0) is 9.26. The highest BCUT2D eigenvalue weighted by Crippen LogP contribution is 2.27. The molecule has 1 heterocycles. The average Bonchev–Trinajstić information content (AvgIpc) is 2.17. The summed E-state index contributed by atoms with van der Waals surface area (Å²) < 4.78 is 5.47. The molecular weight excluding hydrogens is 164 g/mol. The fourth-order valence-corrected chi connectivity index (χ4v) is 1.63. The minimum atomic E-state index is -0.241. The van der Waals surface area contributed by atoms with E-state index in [1.165, 1.54) is 11.1 Å². The van der Waals surface area contributed by atoms with Gasteiger partial charge in [-0.15, -0.1) is 0 Å². The van der Waals surface area contributed by atoms with Crippen LogP contribution in [-0.4, -0.2) is 12.4 Å². The zero-order valence-corrected chi connectivity index (χ0v) is 7.62. The maximum atomic E-state index is 10.5. The van der Waals surface area contributed by atoms with Crippen molar-refractivity contribution < 1.29 is 9.53 Å². The summed E-state index contributed by atoms with van der Waals surface area (Å²) in [5, 5.41) is 0. The van der Waals surface area contributed by atoms with Gasteiger partial charge in [-0.25, -0.2) is 0 Å². The standard InChI is InChI=1S/C11H12O2/c1-8-2-5-11-9(6-8)3-4-10(7-12)13-11/h2,5-7,10H,3-4H2,1H3. The van der Waals surface area contributed by atoms with E-state index in [0.717, 1.165) is 24.9 Å². The lowest BCUT2D eigenvalue weighted by molar-refractivity contribution is -0.114. The van der Waals surface area contributed by atoms with Gasteiger partial charge in [-0.3, -0.25) is 4.79 Å². The van der Waals surface area contributed by atoms with Crippen molar-refractivity contribution in [3.05, 3.63) is 29.3 Å². The van der Waals surface area contributed by atoms with Gasteiger partial charge in [0.2, 0.25) is 0 Å². The number of benzene rings is 1. The predicted octanol–water partition coefficient (Wildman–Crippen LogP) is 1.89. The molecule has 1 aromatic rings. The van der Waals surface area contributed by atoms with E-state index in [0.29, 0.717) is 0 Å². The van der Waals surface area contributed by atoms with Crippen molar-refractivity contribution in [2.45, 2.75) is 25.9 Å². The lowest BCUT2D eigenvalue weighted by Gasteiger charge is -2.22. The summed E-state index contributed by atoms with van der Waals surface area (Å²) in [5.74, 6) is 0.869. The molecule has 68 valence electrons. The Bertz CT molecular complexity index is 331. The van der Waals surface area contributed by atoms with Gasteiger partial charge in [-0.1, -0.05) is 17.7 Å². The van der Waals surface area contributed by atoms with Crippen molar-refractivity contribution >= 4 is 6.29 Å². The van der Waals surface area contributed by atoms with Gasteiger partial charge in [0, 0.05) is 0 Å². The third-order valence-corrected chi connectivity index (χ3v) is 2.34. The Balaban J connectivity index is 2.31. The van der Waals surface area contributed by atoms with E-state index >= 15 is 0 Å². The topological polar surface area (TPSA) is 26.3 Å². The van der Waals surface area contributed by atoms with Crippen LogP contribution < -0.4 is 4.74 Å². The number of ether oxygens (including phenoxy) is 1. The highest BCUT2D eigenvalue weighted by Gasteiger charge is 2.18. The number of carbonyl (C=O) groups is 1. The van der Waals surface area contributed by atoms with E-state index < -0.39 is 0 Å². The number of rotatable bonds is 1. The summed E-state index contributed by atoms with van der Waals surface area (Å²) in [5.41, 5.74) is 2.46. The number of aryl methyl sites for hydroxylation is 2. The second kappa shape index (κ2) is 3.21. The van der Waals surface area contributed by atoms with E-state index in [2.05, 4.69) is 13.0 Å². The third-order valence-electron chi connectivity index (χ3n) is 2.34. The largest absolute Gasteiger partial charge is 0.483 e. The molecule has 0 spiro atoms. The predicted molar refractivity (Wildman–Crippen MR) is 50.0 cm³/mol. The lowest BCUT2D eigenvalue weighted by Crippen LogP contribution is -2.23. The molecule has 0 aliphatic carbocycles. The Kier molecular flexibility index (Phi) is 2.05. The molecule has 0 N–H and O–H groups in total. The average molecular weight is 176 g/mol. The number of carbonyl (C=O) groups excluding carboxylic acids is 1. The SMILES string of the molecule is Cc1ccc2c(c1)CCC(C=O)O2. The van der Waals surface area contributed by atoms with E-state index in [1.54, 1.807) is 0 Å². The van der Waals surface area contributed by atoms with Crippen molar-refractivity contribution in [3.8, 4) is 5.75 Å². The monoisotopic (exact) mass is 176 g/mol. The highest BCUT2D eigenvalue weighted by molar-refractivity contribution is 5.58. The zero-order valence-electron chi connectivity index (χ0n) is 7.62. The molecule has 2 rings (SSSR count). The molecule has 1 unspecified atom stereocenters. The van der Waals surface area contributed by atoms with Crippen molar-refractivity contribution in [2.24, 2.45) is 0 Å². The molecule has 1 aliphatic rings. The Morgan fingerprint density at radius 2 is 2.38 bits per heavy atom. The molecule has 0 saturated heterocycles. The summed E-state index contributed by atoms with van der Waals surface area (Å²) in [6.45, 7) is 2.06. The molecule has 0 saturated carbocycles. The number of fused-ring (bicyclic) bond motifs is 1. The fourth-order valence-electron chi connectivity index (χ4n) is 1.63. The fraction of sp³-hybridized carbons (Fsp3) is 0.364. The van der Waals surface area contributed by atoms with Crippen LogP contribution in [0.3, 0.4) is 0 Å². The second-order valence-electron chi connectivity index (χ2n) is 3.44. The summed E-state index contributed by atoms with van der Waals surface area (Å²) in [7, 11) is 0. The van der Waals surface area contributed by atoms with Crippen LogP contribution in [0.5, 0.6) is 5.75 Å². The van der Waals surface area contributed by atoms with E-state index in [-0.39, 0.29) is 6.10 Å². The van der Waals surface area contributed by atoms with Crippen LogP contribution in [0.25, 0.3) is 0 Å². The van der Waals surface area contributed by atoms with Gasteiger partial charge >= 0.3 is 0 Å². The van der Waals surface area contributed by atoms with Gasteiger partial charge < -0.3 is 4.74 Å². The molecule has 1 atom stereocenters. The van der Waals surface area contributed by atoms with Gasteiger partial charge in [-0.2, -0.15) is 0 Å². The molecule has 2 heteroatoms. The first-order valence-electron chi connectivity index (χ1n) is 4.51. The minimum Gasteiger partial charge on any atom is -0.483 e. The van der Waals surface area contributed by atoms with Gasteiger partial charge in [0.05, 0.1) is 0 Å². The van der Waals surface area contributed by atoms with Gasteiger partial charge in [0.15, 0.2) is 12.4 Å². The first kappa shape index (κ1) is 8.30. The van der Waals surface area contributed by atoms with Gasteiger partial charge in [0.25, 0.3) is 0 Å². The summed E-state index contributed by atoms with van der Waals surface area (Å²) >= 11 is 0. The molecule has 0 aromatic heterocycles. The van der Waals surface area contributed by atoms with Crippen LogP contribution in [0.4, 0.5) is 0 Å². The van der Waals surface area contributed by atoms with Crippen LogP contribution in [0.15, 0.2) is 18.2 Å².